The SMILES string of the molecule is C=CCOC(=O)[C@@H]1[C@H]2C(=O)N([C@@H](CO)Cc3ccccc3)C(C(=O)N(CC=C)C(C)C)C23CC[C@H]1O3. The van der Waals surface area contributed by atoms with Crippen LogP contribution in [0.15, 0.2) is 55.6 Å². The van der Waals surface area contributed by atoms with Crippen LogP contribution < -0.4 is 0 Å². The van der Waals surface area contributed by atoms with Crippen LogP contribution in [-0.4, -0.2) is 82.3 Å². The van der Waals surface area contributed by atoms with Crippen molar-refractivity contribution in [2.75, 3.05) is 19.8 Å². The molecule has 4 rings (SSSR count). The van der Waals surface area contributed by atoms with E-state index in [2.05, 4.69) is 13.2 Å². The summed E-state index contributed by atoms with van der Waals surface area (Å²) < 4.78 is 11.8. The van der Waals surface area contributed by atoms with Gasteiger partial charge in [0, 0.05) is 12.6 Å². The van der Waals surface area contributed by atoms with E-state index in [9.17, 15) is 19.5 Å². The van der Waals surface area contributed by atoms with Crippen LogP contribution >= 0.6 is 0 Å². The minimum absolute atomic E-state index is 0.0375. The Morgan fingerprint density at radius 1 is 1.28 bits per heavy atom. The van der Waals surface area contributed by atoms with Crippen molar-refractivity contribution in [3.8, 4) is 0 Å². The van der Waals surface area contributed by atoms with Gasteiger partial charge in [-0.1, -0.05) is 49.1 Å². The maximum Gasteiger partial charge on any atom is 0.312 e. The molecule has 0 radical (unpaired) electrons. The highest BCUT2D eigenvalue weighted by atomic mass is 16.6. The van der Waals surface area contributed by atoms with E-state index in [1.165, 1.54) is 11.0 Å². The summed E-state index contributed by atoms with van der Waals surface area (Å²) in [7, 11) is 0. The highest BCUT2D eigenvalue weighted by Gasteiger charge is 2.75. The third-order valence-electron chi connectivity index (χ3n) is 7.74. The normalized spacial score (nSPS) is 29.2. The van der Waals surface area contributed by atoms with Crippen molar-refractivity contribution in [1.29, 1.82) is 0 Å². The molecule has 0 saturated carbocycles. The number of aliphatic hydroxyl groups excluding tert-OH is 1. The van der Waals surface area contributed by atoms with Crippen LogP contribution in [0, 0.1) is 11.8 Å². The minimum atomic E-state index is -1.14. The zero-order valence-electron chi connectivity index (χ0n) is 21.0. The second-order valence-electron chi connectivity index (χ2n) is 10.1. The van der Waals surface area contributed by atoms with Crippen LogP contribution in [-0.2, 0) is 30.3 Å². The number of carbonyl (C=O) groups is 3. The molecule has 1 aromatic rings. The number of hydrogen-bond acceptors (Lipinski definition) is 6. The van der Waals surface area contributed by atoms with E-state index in [0.29, 0.717) is 25.8 Å². The van der Waals surface area contributed by atoms with Gasteiger partial charge >= 0.3 is 5.97 Å². The predicted molar refractivity (Wildman–Crippen MR) is 134 cm³/mol. The average molecular weight is 497 g/mol. The lowest BCUT2D eigenvalue weighted by Crippen LogP contribution is -2.60. The van der Waals surface area contributed by atoms with E-state index in [4.69, 9.17) is 9.47 Å². The molecule has 3 aliphatic rings. The van der Waals surface area contributed by atoms with Crippen molar-refractivity contribution < 1.29 is 29.0 Å². The molecule has 3 aliphatic heterocycles. The molecule has 2 amide bonds. The first-order chi connectivity index (χ1) is 17.3. The highest BCUT2D eigenvalue weighted by molar-refractivity contribution is 5.98. The molecule has 6 atom stereocenters. The van der Waals surface area contributed by atoms with Gasteiger partial charge < -0.3 is 24.4 Å². The van der Waals surface area contributed by atoms with Crippen molar-refractivity contribution in [3.63, 3.8) is 0 Å². The van der Waals surface area contributed by atoms with E-state index >= 15 is 0 Å². The van der Waals surface area contributed by atoms with Crippen molar-refractivity contribution in [1.82, 2.24) is 9.80 Å². The third kappa shape index (κ3) is 4.26. The summed E-state index contributed by atoms with van der Waals surface area (Å²) in [5, 5.41) is 10.5. The van der Waals surface area contributed by atoms with E-state index in [1.807, 2.05) is 44.2 Å². The Kier molecular flexibility index (Phi) is 7.66. The van der Waals surface area contributed by atoms with E-state index in [-0.39, 0.29) is 31.1 Å². The topological polar surface area (TPSA) is 96.4 Å². The third-order valence-corrected chi connectivity index (χ3v) is 7.74. The number of benzene rings is 1. The fourth-order valence-corrected chi connectivity index (χ4v) is 6.26. The Morgan fingerprint density at radius 2 is 2.00 bits per heavy atom. The molecule has 2 bridgehead atoms. The molecule has 3 saturated heterocycles. The quantitative estimate of drug-likeness (QED) is 0.372. The van der Waals surface area contributed by atoms with Gasteiger partial charge in [0.05, 0.1) is 30.6 Å². The maximum atomic E-state index is 14.2. The van der Waals surface area contributed by atoms with Crippen molar-refractivity contribution >= 4 is 17.8 Å². The molecule has 8 heteroatoms. The molecule has 1 N–H and O–H groups in total. The Hall–Kier alpha value is -2.97. The second-order valence-corrected chi connectivity index (χ2v) is 10.1. The Bertz CT molecular complexity index is 1010. The number of fused-ring (bicyclic) bond motifs is 1. The summed E-state index contributed by atoms with van der Waals surface area (Å²) in [6, 6.07) is 7.79. The Labute approximate surface area is 212 Å². The maximum absolute atomic E-state index is 14.2. The van der Waals surface area contributed by atoms with Gasteiger partial charge in [0.15, 0.2) is 0 Å². The number of rotatable bonds is 11. The van der Waals surface area contributed by atoms with Gasteiger partial charge in [0.2, 0.25) is 11.8 Å². The standard InChI is InChI=1S/C28H36N2O6/c1-5-14-29(18(3)4)26(33)24-28-13-12-21(36-28)22(27(34)35-15-6-2)23(28)25(32)30(24)20(17-31)16-19-10-8-7-9-11-19/h5-11,18,20-24,31H,1-2,12-17H2,3-4H3/t20-,21-,22+,23+,24?,28?/m1/s1. The number of likely N-dealkylation sites (tertiary alicyclic amines) is 1. The number of esters is 1. The number of hydrogen-bond donors (Lipinski definition) is 1. The smallest absolute Gasteiger partial charge is 0.312 e. The first kappa shape index (κ1) is 26.1. The summed E-state index contributed by atoms with van der Waals surface area (Å²) in [4.78, 5) is 44.5. The Morgan fingerprint density at radius 3 is 2.61 bits per heavy atom. The van der Waals surface area contributed by atoms with Crippen molar-refractivity contribution in [2.45, 2.75) is 62.9 Å². The van der Waals surface area contributed by atoms with Crippen LogP contribution in [0.1, 0.15) is 32.3 Å². The number of aliphatic hydroxyl groups is 1. The fraction of sp³-hybridized carbons (Fsp3) is 0.536. The summed E-state index contributed by atoms with van der Waals surface area (Å²) in [5.41, 5.74) is -0.209. The summed E-state index contributed by atoms with van der Waals surface area (Å²) in [6.45, 7) is 11.2. The lowest BCUT2D eigenvalue weighted by molar-refractivity contribution is -0.156. The number of carbonyl (C=O) groups excluding carboxylic acids is 3. The number of ether oxygens (including phenoxy) is 2. The molecule has 36 heavy (non-hydrogen) atoms. The van der Waals surface area contributed by atoms with Crippen LogP contribution in [0.25, 0.3) is 0 Å². The van der Waals surface area contributed by atoms with Gasteiger partial charge in [0.1, 0.15) is 18.2 Å². The van der Waals surface area contributed by atoms with Crippen molar-refractivity contribution in [2.24, 2.45) is 11.8 Å². The van der Waals surface area contributed by atoms with Crippen LogP contribution in [0.4, 0.5) is 0 Å². The monoisotopic (exact) mass is 496 g/mol. The predicted octanol–water partition coefficient (Wildman–Crippen LogP) is 2.12. The zero-order chi connectivity index (χ0) is 26.0. The van der Waals surface area contributed by atoms with Gasteiger partial charge in [-0.15, -0.1) is 6.58 Å². The molecule has 0 aromatic heterocycles. The molecule has 3 fully saturated rings. The Balaban J connectivity index is 1.78. The molecular weight excluding hydrogens is 460 g/mol. The summed E-state index contributed by atoms with van der Waals surface area (Å²) in [5.74, 6) is -2.75. The van der Waals surface area contributed by atoms with Gasteiger partial charge in [0.25, 0.3) is 0 Å². The van der Waals surface area contributed by atoms with Crippen LogP contribution in [0.2, 0.25) is 0 Å². The van der Waals surface area contributed by atoms with Gasteiger partial charge in [-0.25, -0.2) is 0 Å². The zero-order valence-corrected chi connectivity index (χ0v) is 21.0. The molecule has 3 heterocycles. The fourth-order valence-electron chi connectivity index (χ4n) is 6.26. The molecule has 8 nitrogen and oxygen atoms in total. The van der Waals surface area contributed by atoms with E-state index < -0.39 is 41.6 Å². The first-order valence-electron chi connectivity index (χ1n) is 12.6. The molecule has 0 aliphatic carbocycles. The average Bonchev–Trinajstić information content (AvgIpc) is 3.52. The van der Waals surface area contributed by atoms with E-state index in [0.717, 1.165) is 5.56 Å². The number of amides is 2. The summed E-state index contributed by atoms with van der Waals surface area (Å²) in [6.07, 6.45) is 4.06. The molecule has 2 unspecified atom stereocenters. The largest absolute Gasteiger partial charge is 0.461 e. The van der Waals surface area contributed by atoms with Crippen LogP contribution in [0.5, 0.6) is 0 Å². The number of nitrogens with zero attached hydrogens (tertiary/aromatic N) is 2. The first-order valence-corrected chi connectivity index (χ1v) is 12.6. The second kappa shape index (κ2) is 10.6. The van der Waals surface area contributed by atoms with Gasteiger partial charge in [-0.05, 0) is 38.7 Å². The lowest BCUT2D eigenvalue weighted by atomic mass is 9.70. The van der Waals surface area contributed by atoms with Gasteiger partial charge in [-0.2, -0.15) is 0 Å². The molecule has 1 spiro atoms. The van der Waals surface area contributed by atoms with Crippen LogP contribution in [0.3, 0.4) is 0 Å². The van der Waals surface area contributed by atoms with E-state index in [1.54, 1.807) is 11.0 Å². The lowest BCUT2D eigenvalue weighted by Gasteiger charge is -2.40. The van der Waals surface area contributed by atoms with Gasteiger partial charge in [-0.3, -0.25) is 14.4 Å². The highest BCUT2D eigenvalue weighted by Crippen LogP contribution is 2.59. The molecule has 1 aromatic carbocycles. The summed E-state index contributed by atoms with van der Waals surface area (Å²) >= 11 is 0. The van der Waals surface area contributed by atoms with Crippen molar-refractivity contribution in [3.05, 3.63) is 61.2 Å². The minimum Gasteiger partial charge on any atom is -0.461 e. The molecular formula is C28H36N2O6. The molecule has 194 valence electrons.